The lowest BCUT2D eigenvalue weighted by molar-refractivity contribution is -0.150. The number of rotatable bonds is 18. The maximum Gasteiger partial charge on any atom is 0.408 e. The fourth-order valence-corrected chi connectivity index (χ4v) is 6.66. The largest absolute Gasteiger partial charge is 0.462 e. The van der Waals surface area contributed by atoms with Gasteiger partial charge >= 0.3 is 25.6 Å². The van der Waals surface area contributed by atoms with Gasteiger partial charge in [0.2, 0.25) is 0 Å². The van der Waals surface area contributed by atoms with E-state index in [1.165, 1.54) is 13.3 Å². The number of aromatic nitrogens is 4. The molecule has 4 rings (SSSR count). The number of imidazole rings is 1. The average molecular weight is 740 g/mol. The van der Waals surface area contributed by atoms with Gasteiger partial charge in [-0.25, -0.2) is 29.6 Å². The predicted octanol–water partition coefficient (Wildman–Crippen LogP) is 4.76. The van der Waals surface area contributed by atoms with Crippen molar-refractivity contribution in [2.45, 2.75) is 91.5 Å². The summed E-state index contributed by atoms with van der Waals surface area (Å²) in [5.74, 6) is -0.798. The van der Waals surface area contributed by atoms with E-state index in [2.05, 4.69) is 25.4 Å². The van der Waals surface area contributed by atoms with Crippen molar-refractivity contribution in [3.63, 3.8) is 0 Å². The van der Waals surface area contributed by atoms with E-state index in [0.29, 0.717) is 23.3 Å². The van der Waals surface area contributed by atoms with Crippen LogP contribution in [0.5, 0.6) is 5.75 Å². The van der Waals surface area contributed by atoms with Crippen molar-refractivity contribution in [1.29, 1.82) is 0 Å². The Labute approximate surface area is 302 Å². The van der Waals surface area contributed by atoms with E-state index in [0.717, 1.165) is 5.56 Å². The van der Waals surface area contributed by atoms with Gasteiger partial charge in [-0.3, -0.25) is 9.36 Å². The molecule has 4 atom stereocenters. The molecule has 52 heavy (non-hydrogen) atoms. The lowest BCUT2D eigenvalue weighted by Crippen LogP contribution is -2.44. The van der Waals surface area contributed by atoms with E-state index < -0.39 is 56.2 Å². The van der Waals surface area contributed by atoms with Crippen LogP contribution in [0.3, 0.4) is 0 Å². The highest BCUT2D eigenvalue weighted by molar-refractivity contribution is 7.57. The number of nitrogens with one attached hydrogen (secondary N) is 2. The normalized spacial score (nSPS) is 14.3. The number of carbonyl (C=O) groups excluding carboxylic acids is 3. The van der Waals surface area contributed by atoms with Crippen molar-refractivity contribution in [1.82, 2.24) is 29.9 Å². The molecule has 4 aromatic rings. The lowest BCUT2D eigenvalue weighted by atomic mass is 10.1. The molecular weight excluding hydrogens is 693 g/mol. The molecule has 0 saturated heterocycles. The van der Waals surface area contributed by atoms with Crippen LogP contribution in [0.2, 0.25) is 0 Å². The van der Waals surface area contributed by atoms with Crippen LogP contribution in [0, 0.1) is 0 Å². The van der Waals surface area contributed by atoms with E-state index in [9.17, 15) is 18.9 Å². The van der Waals surface area contributed by atoms with Gasteiger partial charge in [0, 0.05) is 6.42 Å². The fraction of sp³-hybridized carbons (Fsp3) is 0.429. The molecule has 0 spiro atoms. The number of hydrogen-bond donors (Lipinski definition) is 3. The van der Waals surface area contributed by atoms with E-state index in [1.54, 1.807) is 69.8 Å². The first-order valence-corrected chi connectivity index (χ1v) is 18.6. The van der Waals surface area contributed by atoms with Gasteiger partial charge in [0.05, 0.1) is 31.2 Å². The number of hydrogen-bond acceptors (Lipinski definition) is 13. The molecule has 0 radical (unpaired) electrons. The lowest BCUT2D eigenvalue weighted by Gasteiger charge is -2.25. The van der Waals surface area contributed by atoms with Crippen LogP contribution in [0.1, 0.15) is 52.7 Å². The number of ether oxygens (including phenoxy) is 4. The Kier molecular flexibility index (Phi) is 14.1. The second-order valence-electron chi connectivity index (χ2n) is 12.6. The number of fused-ring (bicyclic) bond motifs is 1. The third-order valence-electron chi connectivity index (χ3n) is 7.27. The van der Waals surface area contributed by atoms with Gasteiger partial charge in [0.15, 0.2) is 11.5 Å². The molecule has 2 aromatic carbocycles. The number of benzene rings is 2. The van der Waals surface area contributed by atoms with E-state index in [-0.39, 0.29) is 30.7 Å². The Morgan fingerprint density at radius 1 is 0.865 bits per heavy atom. The van der Waals surface area contributed by atoms with Gasteiger partial charge in [-0.1, -0.05) is 42.5 Å². The topological polar surface area (TPSA) is 208 Å². The van der Waals surface area contributed by atoms with Crippen LogP contribution < -0.4 is 20.7 Å². The van der Waals surface area contributed by atoms with Crippen molar-refractivity contribution < 1.29 is 42.4 Å². The number of nitrogens with zero attached hydrogens (tertiary/aromatic N) is 4. The van der Waals surface area contributed by atoms with Crippen LogP contribution in [-0.4, -0.2) is 74.3 Å². The highest BCUT2D eigenvalue weighted by atomic mass is 31.2. The van der Waals surface area contributed by atoms with E-state index >= 15 is 0 Å². The van der Waals surface area contributed by atoms with Crippen LogP contribution >= 0.6 is 7.52 Å². The summed E-state index contributed by atoms with van der Waals surface area (Å²) < 4.78 is 43.9. The fourth-order valence-electron chi connectivity index (χ4n) is 4.87. The summed E-state index contributed by atoms with van der Waals surface area (Å²) in [6, 6.07) is 13.5. The SMILES string of the molecule is CC(C)OC(=O)[C@H](C)N[P@](=O)(CO[C@H](C)Cn1cnc2c(N)ncnc21)Oc1ccc(C[C@H](NC(=O)OCc2ccccc2)C(=O)OC(C)C)cc1. The van der Waals surface area contributed by atoms with Crippen molar-refractivity contribution in [3.05, 3.63) is 78.4 Å². The molecule has 0 fully saturated rings. The Morgan fingerprint density at radius 3 is 2.21 bits per heavy atom. The summed E-state index contributed by atoms with van der Waals surface area (Å²) >= 11 is 0. The van der Waals surface area contributed by atoms with Gasteiger partial charge < -0.3 is 39.1 Å². The Balaban J connectivity index is 1.45. The zero-order valence-corrected chi connectivity index (χ0v) is 30.9. The molecule has 2 heterocycles. The Morgan fingerprint density at radius 2 is 1.54 bits per heavy atom. The minimum atomic E-state index is -3.91. The molecule has 0 unspecified atom stereocenters. The minimum Gasteiger partial charge on any atom is -0.462 e. The summed E-state index contributed by atoms with van der Waals surface area (Å²) in [6.07, 6.45) is 0.494. The molecule has 0 bridgehead atoms. The van der Waals surface area contributed by atoms with Gasteiger partial charge in [-0.2, -0.15) is 0 Å². The molecule has 0 saturated carbocycles. The van der Waals surface area contributed by atoms with Crippen molar-refractivity contribution in [2.75, 3.05) is 12.1 Å². The van der Waals surface area contributed by atoms with Crippen molar-refractivity contribution in [2.24, 2.45) is 0 Å². The van der Waals surface area contributed by atoms with Gasteiger partial charge in [-0.15, -0.1) is 0 Å². The summed E-state index contributed by atoms with van der Waals surface area (Å²) in [6.45, 7) is 10.4. The first kappa shape index (κ1) is 39.7. The Hall–Kier alpha value is -5.05. The molecule has 1 amide bonds. The maximum absolute atomic E-state index is 14.2. The maximum atomic E-state index is 14.2. The first-order valence-electron chi connectivity index (χ1n) is 16.8. The number of amides is 1. The number of nitrogen functional groups attached to an aromatic ring is 1. The van der Waals surface area contributed by atoms with E-state index in [4.69, 9.17) is 29.2 Å². The molecule has 0 aliphatic rings. The molecule has 16 nitrogen and oxygen atoms in total. The third kappa shape index (κ3) is 12.0. The zero-order valence-electron chi connectivity index (χ0n) is 30.1. The molecule has 17 heteroatoms. The molecule has 0 aliphatic heterocycles. The molecule has 2 aromatic heterocycles. The number of carbonyl (C=O) groups is 3. The summed E-state index contributed by atoms with van der Waals surface area (Å²) in [5, 5.41) is 5.37. The minimum absolute atomic E-state index is 0.0273. The second kappa shape index (κ2) is 18.4. The summed E-state index contributed by atoms with van der Waals surface area (Å²) in [4.78, 5) is 50.6. The van der Waals surface area contributed by atoms with E-state index in [1.807, 2.05) is 30.3 Å². The standard InChI is InChI=1S/C35H46N7O9P/c1-22(2)49-33(43)25(6)41-52(46,21-48-24(5)17-42-20-39-30-31(36)37-19-38-32(30)42)51-28-14-12-26(13-15-28)16-29(34(44)50-23(3)4)40-35(45)47-18-27-10-8-7-9-11-27/h7-15,19-20,22-25,29H,16-18,21H2,1-6H3,(H,40,45)(H,41,46)(H2,36,37,38)/t24-,25+,29+,52+/m1/s1. The van der Waals surface area contributed by atoms with Crippen LogP contribution in [0.15, 0.2) is 67.3 Å². The second-order valence-corrected chi connectivity index (χ2v) is 14.7. The average Bonchev–Trinajstić information content (AvgIpc) is 3.50. The van der Waals surface area contributed by atoms with Gasteiger partial charge in [0.1, 0.15) is 42.6 Å². The van der Waals surface area contributed by atoms with Gasteiger partial charge in [0.25, 0.3) is 0 Å². The van der Waals surface area contributed by atoms with Gasteiger partial charge in [-0.05, 0) is 64.8 Å². The van der Waals surface area contributed by atoms with Crippen molar-refractivity contribution >= 4 is 42.5 Å². The number of nitrogens with two attached hydrogens (primary N) is 1. The Bertz CT molecular complexity index is 1840. The van der Waals surface area contributed by atoms with Crippen molar-refractivity contribution in [3.8, 4) is 5.75 Å². The summed E-state index contributed by atoms with van der Waals surface area (Å²) in [5.41, 5.74) is 8.30. The molecule has 4 N–H and O–H groups in total. The molecular formula is C35H46N7O9P. The summed E-state index contributed by atoms with van der Waals surface area (Å²) in [7, 11) is -3.91. The molecule has 0 aliphatic carbocycles. The molecule has 280 valence electrons. The van der Waals surface area contributed by atoms with Crippen LogP contribution in [0.4, 0.5) is 10.6 Å². The quantitative estimate of drug-likeness (QED) is 0.0714. The highest BCUT2D eigenvalue weighted by Crippen LogP contribution is 2.44. The number of anilines is 1. The predicted molar refractivity (Wildman–Crippen MR) is 192 cm³/mol. The first-order chi connectivity index (χ1) is 24.7. The van der Waals surface area contributed by atoms with Crippen LogP contribution in [0.25, 0.3) is 11.2 Å². The third-order valence-corrected chi connectivity index (χ3v) is 9.04. The monoisotopic (exact) mass is 739 g/mol. The van der Waals surface area contributed by atoms with Crippen LogP contribution in [-0.2, 0) is 52.7 Å². The highest BCUT2D eigenvalue weighted by Gasteiger charge is 2.32. The zero-order chi connectivity index (χ0) is 37.8. The smallest absolute Gasteiger partial charge is 0.408 e. The number of alkyl carbamates (subject to hydrolysis) is 1. The number of esters is 2.